The van der Waals surface area contributed by atoms with Gasteiger partial charge in [-0.15, -0.1) is 0 Å². The second-order valence-electron chi connectivity index (χ2n) is 13.0. The normalized spacial score (nSPS) is 58.0. The van der Waals surface area contributed by atoms with Crippen molar-refractivity contribution in [3.05, 3.63) is 11.1 Å². The van der Waals surface area contributed by atoms with Crippen molar-refractivity contribution in [3.8, 4) is 0 Å². The second-order valence-corrected chi connectivity index (χ2v) is 13.0. The van der Waals surface area contributed by atoms with Crippen LogP contribution in [0.1, 0.15) is 40.0 Å². The van der Waals surface area contributed by atoms with Crippen LogP contribution >= 0.6 is 0 Å². The minimum atomic E-state index is -1.54. The summed E-state index contributed by atoms with van der Waals surface area (Å²) in [6, 6.07) is 0. The predicted molar refractivity (Wildman–Crippen MR) is 126 cm³/mol. The van der Waals surface area contributed by atoms with Crippen LogP contribution in [0, 0.1) is 17.3 Å². The number of aliphatic hydroxyl groups excluding tert-OH is 4. The van der Waals surface area contributed by atoms with Gasteiger partial charge in [0.25, 0.3) is 0 Å². The number of aliphatic hydroxyl groups is 4. The van der Waals surface area contributed by atoms with E-state index in [-0.39, 0.29) is 48.3 Å². The monoisotopic (exact) mass is 552 g/mol. The average Bonchev–Trinajstić information content (AvgIpc) is 3.82. The third-order valence-electron chi connectivity index (χ3n) is 11.4. The number of hydrogen-bond acceptors (Lipinski definition) is 12. The molecule has 12 heteroatoms. The fourth-order valence-electron chi connectivity index (χ4n) is 9.30. The molecule has 8 aliphatic rings. The zero-order chi connectivity index (χ0) is 27.3. The molecule has 0 aromatic rings. The first-order valence-electron chi connectivity index (χ1n) is 14.0. The Morgan fingerprint density at radius 2 is 1.85 bits per heavy atom. The van der Waals surface area contributed by atoms with Crippen LogP contribution in [0.4, 0.5) is 0 Å². The van der Waals surface area contributed by atoms with E-state index >= 15 is 0 Å². The lowest BCUT2D eigenvalue weighted by molar-refractivity contribution is -0.323. The van der Waals surface area contributed by atoms with Crippen molar-refractivity contribution < 1.29 is 58.4 Å². The van der Waals surface area contributed by atoms with Crippen LogP contribution < -0.4 is 0 Å². The van der Waals surface area contributed by atoms with Crippen molar-refractivity contribution in [3.63, 3.8) is 0 Å². The first-order chi connectivity index (χ1) is 18.6. The fraction of sp³-hybridized carbons (Fsp3) is 0.889. The third-order valence-corrected chi connectivity index (χ3v) is 11.4. The number of esters is 1. The molecule has 6 fully saturated rings. The molecule has 0 aromatic heterocycles. The molecular formula is C27H36O12. The van der Waals surface area contributed by atoms with E-state index in [1.165, 1.54) is 0 Å². The van der Waals surface area contributed by atoms with Crippen LogP contribution in [0.3, 0.4) is 0 Å². The van der Waals surface area contributed by atoms with E-state index in [9.17, 15) is 25.2 Å². The topological polar surface area (TPSA) is 172 Å². The molecule has 12 nitrogen and oxygen atoms in total. The Morgan fingerprint density at radius 1 is 1.05 bits per heavy atom. The zero-order valence-corrected chi connectivity index (χ0v) is 22.1. The molecule has 39 heavy (non-hydrogen) atoms. The lowest BCUT2D eigenvalue weighted by Crippen LogP contribution is -2.69. The van der Waals surface area contributed by atoms with Crippen molar-refractivity contribution in [1.29, 1.82) is 0 Å². The maximum Gasteiger partial charge on any atom is 0.334 e. The number of carbonyl (C=O) groups excluding carboxylic acids is 1. The number of fused-ring (bicyclic) bond motifs is 4. The Balaban J connectivity index is 1.09. The SMILES string of the molecule is CC(C)[C@]12O[C@H]1[C@@H]1O[C@]13[C@]1(O[C@H]1C[C@H]1C4=C(CC[C@@]13C)C(=O)OC4)[C@@H]2OCO[C@H]1OC(CO)[C@H](O)[C@H](O)C1O. The van der Waals surface area contributed by atoms with E-state index in [1.54, 1.807) is 0 Å². The highest BCUT2D eigenvalue weighted by atomic mass is 16.8. The summed E-state index contributed by atoms with van der Waals surface area (Å²) in [5, 5.41) is 40.1. The molecule has 3 aliphatic carbocycles. The molecule has 0 amide bonds. The highest BCUT2D eigenvalue weighted by Crippen LogP contribution is 2.83. The molecule has 216 valence electrons. The van der Waals surface area contributed by atoms with E-state index in [0.29, 0.717) is 13.0 Å². The molecule has 0 radical (unpaired) electrons. The maximum atomic E-state index is 12.4. The summed E-state index contributed by atoms with van der Waals surface area (Å²) in [6.45, 7) is 5.91. The lowest BCUT2D eigenvalue weighted by atomic mass is 9.46. The Bertz CT molecular complexity index is 1140. The minimum absolute atomic E-state index is 0.0910. The van der Waals surface area contributed by atoms with Gasteiger partial charge in [0.1, 0.15) is 60.5 Å². The van der Waals surface area contributed by atoms with Crippen LogP contribution in [-0.4, -0.2) is 118 Å². The van der Waals surface area contributed by atoms with Crippen molar-refractivity contribution >= 4 is 5.97 Å². The molecule has 4 saturated heterocycles. The number of rotatable bonds is 6. The summed E-state index contributed by atoms with van der Waals surface area (Å²) in [5.41, 5.74) is -0.414. The van der Waals surface area contributed by atoms with E-state index in [0.717, 1.165) is 24.0 Å². The van der Waals surface area contributed by atoms with Crippen LogP contribution in [0.25, 0.3) is 0 Å². The standard InChI is InChI=1S/C27H36O12/c1-10(2)25-19(38-25)20-27(39-20)24(3)5-4-11-12(8-33-21(11)32)13(24)6-15-26(27,37-15)23(25)35-9-34-22-18(31)17(30)16(29)14(7-28)36-22/h10,13-20,22-23,28-31H,4-9H2,1-3H3/t13-,14?,15-,16-,17-,18?,19-,20-,22-,23+,24-,25-,26+,27+/m0/s1. The van der Waals surface area contributed by atoms with E-state index in [4.69, 9.17) is 33.2 Å². The summed E-state index contributed by atoms with van der Waals surface area (Å²) in [6.07, 6.45) is -5.76. The van der Waals surface area contributed by atoms with Crippen LogP contribution in [0.2, 0.25) is 0 Å². The van der Waals surface area contributed by atoms with Gasteiger partial charge in [0, 0.05) is 11.0 Å². The van der Waals surface area contributed by atoms with Crippen molar-refractivity contribution in [2.75, 3.05) is 20.0 Å². The van der Waals surface area contributed by atoms with Crippen LogP contribution in [-0.2, 0) is 38.0 Å². The molecule has 2 unspecified atom stereocenters. The van der Waals surface area contributed by atoms with Gasteiger partial charge in [-0.2, -0.15) is 0 Å². The molecule has 8 rings (SSSR count). The second kappa shape index (κ2) is 7.80. The number of carbonyl (C=O) groups is 1. The van der Waals surface area contributed by atoms with E-state index < -0.39 is 60.2 Å². The lowest BCUT2D eigenvalue weighted by Gasteiger charge is -2.54. The van der Waals surface area contributed by atoms with Gasteiger partial charge in [0.2, 0.25) is 0 Å². The van der Waals surface area contributed by atoms with Crippen molar-refractivity contribution in [2.24, 2.45) is 17.3 Å². The summed E-state index contributed by atoms with van der Waals surface area (Å²) < 4.78 is 43.0. The number of ether oxygens (including phenoxy) is 7. The largest absolute Gasteiger partial charge is 0.458 e. The van der Waals surface area contributed by atoms with Gasteiger partial charge in [-0.3, -0.25) is 0 Å². The average molecular weight is 553 g/mol. The van der Waals surface area contributed by atoms with Gasteiger partial charge in [-0.05, 0) is 36.7 Å². The molecule has 5 heterocycles. The number of hydrogen-bond donors (Lipinski definition) is 4. The predicted octanol–water partition coefficient (Wildman–Crippen LogP) is -1.10. The Kier molecular flexibility index (Phi) is 5.10. The molecule has 14 atom stereocenters. The highest BCUT2D eigenvalue weighted by molar-refractivity contribution is 5.92. The van der Waals surface area contributed by atoms with Gasteiger partial charge >= 0.3 is 5.97 Å². The Hall–Kier alpha value is -1.19. The third kappa shape index (κ3) is 2.77. The highest BCUT2D eigenvalue weighted by Gasteiger charge is 3.00. The summed E-state index contributed by atoms with van der Waals surface area (Å²) in [4.78, 5) is 12.4. The van der Waals surface area contributed by atoms with Gasteiger partial charge in [0.15, 0.2) is 18.7 Å². The van der Waals surface area contributed by atoms with Gasteiger partial charge in [-0.1, -0.05) is 20.8 Å². The first-order valence-corrected chi connectivity index (χ1v) is 14.0. The molecule has 5 aliphatic heterocycles. The fourth-order valence-corrected chi connectivity index (χ4v) is 9.30. The summed E-state index contributed by atoms with van der Waals surface area (Å²) in [5.74, 6) is -0.00575. The number of epoxide rings is 3. The maximum absolute atomic E-state index is 12.4. The molecule has 4 N–H and O–H groups in total. The van der Waals surface area contributed by atoms with E-state index in [1.807, 2.05) is 0 Å². The van der Waals surface area contributed by atoms with Crippen LogP contribution in [0.15, 0.2) is 11.1 Å². The Morgan fingerprint density at radius 3 is 2.59 bits per heavy atom. The summed E-state index contributed by atoms with van der Waals surface area (Å²) in [7, 11) is 0. The first kappa shape index (κ1) is 25.5. The van der Waals surface area contributed by atoms with Gasteiger partial charge < -0.3 is 53.6 Å². The van der Waals surface area contributed by atoms with Gasteiger partial charge in [0.05, 0.1) is 12.7 Å². The zero-order valence-electron chi connectivity index (χ0n) is 22.1. The summed E-state index contributed by atoms with van der Waals surface area (Å²) >= 11 is 0. The van der Waals surface area contributed by atoms with Crippen LogP contribution in [0.5, 0.6) is 0 Å². The van der Waals surface area contributed by atoms with Crippen molar-refractivity contribution in [1.82, 2.24) is 0 Å². The smallest absolute Gasteiger partial charge is 0.334 e. The molecule has 2 spiro atoms. The van der Waals surface area contributed by atoms with E-state index in [2.05, 4.69) is 20.8 Å². The molecule has 0 bridgehead atoms. The molecule has 2 saturated carbocycles. The minimum Gasteiger partial charge on any atom is -0.458 e. The molecular weight excluding hydrogens is 516 g/mol. The van der Waals surface area contributed by atoms with Crippen molar-refractivity contribution in [2.45, 2.75) is 112 Å². The molecule has 0 aromatic carbocycles. The Labute approximate surface area is 225 Å². The number of cyclic esters (lactones) is 1. The van der Waals surface area contributed by atoms with Gasteiger partial charge in [-0.25, -0.2) is 4.79 Å². The quantitative estimate of drug-likeness (QED) is 0.178.